The predicted octanol–water partition coefficient (Wildman–Crippen LogP) is 5.53. The minimum Gasteiger partial charge on any atom is -0.256 e. The summed E-state index contributed by atoms with van der Waals surface area (Å²) >= 11 is 6.46. The fourth-order valence-corrected chi connectivity index (χ4v) is 3.07. The van der Waals surface area contributed by atoms with E-state index in [0.717, 1.165) is 33.6 Å². The predicted molar refractivity (Wildman–Crippen MR) is 101 cm³/mol. The Hall–Kier alpha value is -3.04. The van der Waals surface area contributed by atoms with E-state index in [1.165, 1.54) is 0 Å². The highest BCUT2D eigenvalue weighted by atomic mass is 35.5. The number of nitrogens with zero attached hydrogens (tertiary/aromatic N) is 3. The average Bonchev–Trinajstić information content (AvgIpc) is 2.70. The molecule has 2 aromatic carbocycles. The molecule has 0 amide bonds. The Morgan fingerprint density at radius 1 is 0.600 bits per heavy atom. The zero-order valence-corrected chi connectivity index (χ0v) is 14.1. The van der Waals surface area contributed by atoms with Crippen molar-refractivity contribution >= 4 is 11.6 Å². The monoisotopic (exact) mass is 343 g/mol. The van der Waals surface area contributed by atoms with Gasteiger partial charge in [-0.3, -0.25) is 4.98 Å². The molecular formula is C21H14ClN3. The molecule has 0 spiro atoms. The number of hydrogen-bond donors (Lipinski definition) is 0. The Balaban J connectivity index is 2.08. The van der Waals surface area contributed by atoms with Crippen LogP contribution in [-0.2, 0) is 0 Å². The third-order valence-electron chi connectivity index (χ3n) is 3.96. The molecule has 0 atom stereocenters. The van der Waals surface area contributed by atoms with E-state index in [4.69, 9.17) is 11.6 Å². The van der Waals surface area contributed by atoms with Crippen molar-refractivity contribution in [3.63, 3.8) is 0 Å². The van der Waals surface area contributed by atoms with E-state index in [9.17, 15) is 0 Å². The van der Waals surface area contributed by atoms with Gasteiger partial charge in [-0.25, -0.2) is 0 Å². The van der Waals surface area contributed by atoms with Gasteiger partial charge in [0.15, 0.2) is 5.15 Å². The Morgan fingerprint density at radius 3 is 1.88 bits per heavy atom. The molecule has 0 saturated heterocycles. The van der Waals surface area contributed by atoms with Crippen molar-refractivity contribution in [2.45, 2.75) is 0 Å². The van der Waals surface area contributed by atoms with Crippen molar-refractivity contribution in [3.8, 4) is 33.6 Å². The minimum absolute atomic E-state index is 0.345. The lowest BCUT2D eigenvalue weighted by Crippen LogP contribution is -1.99. The number of hydrogen-bond acceptors (Lipinski definition) is 3. The van der Waals surface area contributed by atoms with Gasteiger partial charge >= 0.3 is 0 Å². The first kappa shape index (κ1) is 15.5. The van der Waals surface area contributed by atoms with E-state index >= 15 is 0 Å². The highest BCUT2D eigenvalue weighted by Crippen LogP contribution is 2.40. The van der Waals surface area contributed by atoms with Crippen LogP contribution in [0.4, 0.5) is 0 Å². The van der Waals surface area contributed by atoms with Gasteiger partial charge in [0.1, 0.15) is 5.69 Å². The zero-order valence-electron chi connectivity index (χ0n) is 13.3. The first-order valence-electron chi connectivity index (χ1n) is 7.93. The molecule has 0 aliphatic heterocycles. The lowest BCUT2D eigenvalue weighted by molar-refractivity contribution is 1.04. The van der Waals surface area contributed by atoms with Gasteiger partial charge < -0.3 is 0 Å². The average molecular weight is 344 g/mol. The lowest BCUT2D eigenvalue weighted by Gasteiger charge is -2.15. The molecule has 4 rings (SSSR count). The topological polar surface area (TPSA) is 38.7 Å². The molecule has 0 aliphatic carbocycles. The molecule has 4 aromatic rings. The number of aromatic nitrogens is 3. The van der Waals surface area contributed by atoms with Gasteiger partial charge in [0.25, 0.3) is 0 Å². The smallest absolute Gasteiger partial charge is 0.161 e. The molecule has 0 bridgehead atoms. The van der Waals surface area contributed by atoms with Crippen molar-refractivity contribution in [3.05, 3.63) is 90.2 Å². The lowest BCUT2D eigenvalue weighted by atomic mass is 9.94. The zero-order chi connectivity index (χ0) is 17.1. The van der Waals surface area contributed by atoms with Gasteiger partial charge in [0.2, 0.25) is 0 Å². The maximum atomic E-state index is 6.46. The van der Waals surface area contributed by atoms with Crippen LogP contribution in [-0.4, -0.2) is 15.2 Å². The molecule has 0 N–H and O–H groups in total. The Kier molecular flexibility index (Phi) is 4.23. The molecular weight excluding hydrogens is 330 g/mol. The van der Waals surface area contributed by atoms with E-state index in [1.807, 2.05) is 78.9 Å². The summed E-state index contributed by atoms with van der Waals surface area (Å²) in [6.45, 7) is 0. The molecule has 0 aliphatic rings. The maximum absolute atomic E-state index is 6.46. The Labute approximate surface area is 151 Å². The SMILES string of the molecule is Clc1nnc(-c2ccccc2)c(-c2ccccc2)c1-c1ccccn1. The van der Waals surface area contributed by atoms with Gasteiger partial charge in [-0.15, -0.1) is 10.2 Å². The quantitative estimate of drug-likeness (QED) is 0.491. The van der Waals surface area contributed by atoms with Crippen molar-refractivity contribution in [2.24, 2.45) is 0 Å². The number of benzene rings is 2. The van der Waals surface area contributed by atoms with E-state index in [0.29, 0.717) is 5.15 Å². The Morgan fingerprint density at radius 2 is 1.24 bits per heavy atom. The second-order valence-corrected chi connectivity index (χ2v) is 5.89. The van der Waals surface area contributed by atoms with E-state index in [2.05, 4.69) is 15.2 Å². The highest BCUT2D eigenvalue weighted by Gasteiger charge is 2.20. The summed E-state index contributed by atoms with van der Waals surface area (Å²) in [5.41, 5.74) is 5.31. The number of halogens is 1. The van der Waals surface area contributed by atoms with Crippen LogP contribution in [0, 0.1) is 0 Å². The number of rotatable bonds is 3. The summed E-state index contributed by atoms with van der Waals surface area (Å²) in [7, 11) is 0. The molecule has 2 heterocycles. The third-order valence-corrected chi connectivity index (χ3v) is 4.23. The maximum Gasteiger partial charge on any atom is 0.161 e. The van der Waals surface area contributed by atoms with Crippen molar-refractivity contribution in [1.82, 2.24) is 15.2 Å². The van der Waals surface area contributed by atoms with Gasteiger partial charge in [-0.05, 0) is 17.7 Å². The van der Waals surface area contributed by atoms with Gasteiger partial charge in [-0.1, -0.05) is 78.3 Å². The first-order chi connectivity index (χ1) is 12.3. The minimum atomic E-state index is 0.345. The van der Waals surface area contributed by atoms with Crippen LogP contribution >= 0.6 is 11.6 Å². The standard InChI is InChI=1S/C21H14ClN3/c22-21-19(17-13-7-8-14-23-17)18(15-9-3-1-4-10-15)20(24-25-21)16-11-5-2-6-12-16/h1-14H. The molecule has 4 heteroatoms. The van der Waals surface area contributed by atoms with Crippen LogP contribution in [0.2, 0.25) is 5.15 Å². The fraction of sp³-hybridized carbons (Fsp3) is 0. The molecule has 0 unspecified atom stereocenters. The van der Waals surface area contributed by atoms with Gasteiger partial charge in [0, 0.05) is 22.9 Å². The van der Waals surface area contributed by atoms with E-state index < -0.39 is 0 Å². The van der Waals surface area contributed by atoms with Gasteiger partial charge in [-0.2, -0.15) is 0 Å². The molecule has 120 valence electrons. The summed E-state index contributed by atoms with van der Waals surface area (Å²) in [6.07, 6.45) is 1.75. The second kappa shape index (κ2) is 6.83. The third kappa shape index (κ3) is 3.02. The first-order valence-corrected chi connectivity index (χ1v) is 8.31. The summed E-state index contributed by atoms with van der Waals surface area (Å²) < 4.78 is 0. The van der Waals surface area contributed by atoms with Crippen LogP contribution in [0.3, 0.4) is 0 Å². The fourth-order valence-electron chi connectivity index (χ4n) is 2.84. The summed E-state index contributed by atoms with van der Waals surface area (Å²) in [6, 6.07) is 25.8. The van der Waals surface area contributed by atoms with Crippen molar-refractivity contribution in [1.29, 1.82) is 0 Å². The van der Waals surface area contributed by atoms with E-state index in [1.54, 1.807) is 6.20 Å². The molecule has 0 saturated carbocycles. The van der Waals surface area contributed by atoms with Crippen molar-refractivity contribution < 1.29 is 0 Å². The number of pyridine rings is 1. The summed E-state index contributed by atoms with van der Waals surface area (Å²) in [4.78, 5) is 4.48. The largest absolute Gasteiger partial charge is 0.256 e. The summed E-state index contributed by atoms with van der Waals surface area (Å²) in [5.74, 6) is 0. The molecule has 0 radical (unpaired) electrons. The second-order valence-electron chi connectivity index (χ2n) is 5.54. The van der Waals surface area contributed by atoms with Gasteiger partial charge in [0.05, 0.1) is 5.69 Å². The van der Waals surface area contributed by atoms with Crippen LogP contribution in [0.1, 0.15) is 0 Å². The normalized spacial score (nSPS) is 10.6. The highest BCUT2D eigenvalue weighted by molar-refractivity contribution is 6.33. The van der Waals surface area contributed by atoms with E-state index in [-0.39, 0.29) is 0 Å². The molecule has 25 heavy (non-hydrogen) atoms. The van der Waals surface area contributed by atoms with Crippen LogP contribution in [0.5, 0.6) is 0 Å². The molecule has 2 aromatic heterocycles. The van der Waals surface area contributed by atoms with Crippen molar-refractivity contribution in [2.75, 3.05) is 0 Å². The van der Waals surface area contributed by atoms with Crippen LogP contribution < -0.4 is 0 Å². The Bertz CT molecular complexity index is 988. The van der Waals surface area contributed by atoms with Crippen LogP contribution in [0.15, 0.2) is 85.1 Å². The molecule has 0 fully saturated rings. The summed E-state index contributed by atoms with van der Waals surface area (Å²) in [5, 5.41) is 8.94. The van der Waals surface area contributed by atoms with Crippen LogP contribution in [0.25, 0.3) is 33.6 Å². The molecule has 3 nitrogen and oxygen atoms in total.